The molecule has 0 spiro atoms. The molecule has 0 aliphatic heterocycles. The summed E-state index contributed by atoms with van der Waals surface area (Å²) in [5, 5.41) is 10.3. The molecule has 3 N–H and O–H groups in total. The minimum atomic E-state index is -0.0425. The highest BCUT2D eigenvalue weighted by Crippen LogP contribution is 2.37. The van der Waals surface area contributed by atoms with Gasteiger partial charge in [0.2, 0.25) is 0 Å². The molecule has 0 aliphatic rings. The molecule has 0 fully saturated rings. The Bertz CT molecular complexity index is 377. The topological polar surface area (TPSA) is 46.2 Å². The van der Waals surface area contributed by atoms with Crippen LogP contribution in [0.5, 0.6) is 5.75 Å². The third-order valence-corrected chi connectivity index (χ3v) is 2.98. The molecule has 0 saturated carbocycles. The van der Waals surface area contributed by atoms with E-state index in [2.05, 4.69) is 33.8 Å². The monoisotopic (exact) mass is 221 g/mol. The van der Waals surface area contributed by atoms with E-state index in [-0.39, 0.29) is 11.3 Å². The molecule has 0 aliphatic carbocycles. The molecule has 90 valence electrons. The summed E-state index contributed by atoms with van der Waals surface area (Å²) < 4.78 is 0. The molecule has 1 aromatic rings. The van der Waals surface area contributed by atoms with Gasteiger partial charge in [0.25, 0.3) is 0 Å². The number of aromatic hydroxyl groups is 1. The molecule has 1 unspecified atom stereocenters. The van der Waals surface area contributed by atoms with Crippen LogP contribution in [0.15, 0.2) is 12.1 Å². The van der Waals surface area contributed by atoms with E-state index >= 15 is 0 Å². The van der Waals surface area contributed by atoms with E-state index in [4.69, 9.17) is 5.73 Å². The summed E-state index contributed by atoms with van der Waals surface area (Å²) in [5.41, 5.74) is 8.78. The van der Waals surface area contributed by atoms with Crippen LogP contribution in [0.4, 0.5) is 0 Å². The fourth-order valence-electron chi connectivity index (χ4n) is 1.88. The van der Waals surface area contributed by atoms with Crippen LogP contribution in [-0.4, -0.2) is 11.7 Å². The fourth-order valence-corrected chi connectivity index (χ4v) is 1.88. The maximum Gasteiger partial charge on any atom is 0.122 e. The van der Waals surface area contributed by atoms with Gasteiger partial charge in [0.15, 0.2) is 0 Å². The number of aryl methyl sites for hydroxylation is 1. The maximum atomic E-state index is 10.3. The highest BCUT2D eigenvalue weighted by Gasteiger charge is 2.22. The number of benzene rings is 1. The van der Waals surface area contributed by atoms with Gasteiger partial charge in [0, 0.05) is 0 Å². The van der Waals surface area contributed by atoms with E-state index in [9.17, 15) is 5.11 Å². The van der Waals surface area contributed by atoms with Gasteiger partial charge in [-0.2, -0.15) is 0 Å². The Morgan fingerprint density at radius 1 is 1.31 bits per heavy atom. The first-order valence-corrected chi connectivity index (χ1v) is 5.81. The minimum absolute atomic E-state index is 0.0425. The van der Waals surface area contributed by atoms with Crippen molar-refractivity contribution in [2.45, 2.75) is 46.0 Å². The number of phenols is 1. The smallest absolute Gasteiger partial charge is 0.122 e. The lowest BCUT2D eigenvalue weighted by molar-refractivity contribution is 0.436. The van der Waals surface area contributed by atoms with Crippen molar-refractivity contribution in [3.63, 3.8) is 0 Å². The van der Waals surface area contributed by atoms with Gasteiger partial charge in [-0.05, 0) is 35.9 Å². The van der Waals surface area contributed by atoms with E-state index in [0.29, 0.717) is 12.3 Å². The van der Waals surface area contributed by atoms with Crippen molar-refractivity contribution in [1.82, 2.24) is 0 Å². The quantitative estimate of drug-likeness (QED) is 0.806. The molecule has 2 heteroatoms. The first-order valence-electron chi connectivity index (χ1n) is 5.81. The summed E-state index contributed by atoms with van der Waals surface area (Å²) in [5.74, 6) is 0.608. The lowest BCUT2D eigenvalue weighted by Gasteiger charge is -2.24. The van der Waals surface area contributed by atoms with E-state index in [1.54, 1.807) is 0 Å². The highest BCUT2D eigenvalue weighted by atomic mass is 16.3. The summed E-state index contributed by atoms with van der Waals surface area (Å²) >= 11 is 0. The minimum Gasteiger partial charge on any atom is -0.507 e. The summed E-state index contributed by atoms with van der Waals surface area (Å²) in [6.07, 6.45) is 0. The standard InChI is InChI=1S/C14H23NO/c1-9-6-11(10(2)8-15)13(16)12(7-9)14(3,4)5/h6-7,10,16H,8,15H2,1-5H3. The third kappa shape index (κ3) is 2.56. The zero-order valence-electron chi connectivity index (χ0n) is 11.0. The Labute approximate surface area is 98.5 Å². The van der Waals surface area contributed by atoms with Crippen LogP contribution < -0.4 is 5.73 Å². The molecule has 0 amide bonds. The molecule has 1 rings (SSSR count). The summed E-state index contributed by atoms with van der Waals surface area (Å²) in [6.45, 7) is 11.0. The second-order valence-corrected chi connectivity index (χ2v) is 5.64. The van der Waals surface area contributed by atoms with Gasteiger partial charge in [-0.1, -0.05) is 45.4 Å². The lowest BCUT2D eigenvalue weighted by Crippen LogP contribution is -2.15. The Hall–Kier alpha value is -1.02. The normalized spacial score (nSPS) is 13.9. The average molecular weight is 221 g/mol. The molecule has 16 heavy (non-hydrogen) atoms. The number of rotatable bonds is 2. The van der Waals surface area contributed by atoms with Crippen LogP contribution >= 0.6 is 0 Å². The van der Waals surface area contributed by atoms with Gasteiger partial charge in [-0.3, -0.25) is 0 Å². The number of nitrogens with two attached hydrogens (primary N) is 1. The molecule has 0 saturated heterocycles. The fraction of sp³-hybridized carbons (Fsp3) is 0.571. The summed E-state index contributed by atoms with van der Waals surface area (Å²) in [6, 6.07) is 4.09. The highest BCUT2D eigenvalue weighted by molar-refractivity contribution is 5.48. The maximum absolute atomic E-state index is 10.3. The number of hydrogen-bond acceptors (Lipinski definition) is 2. The van der Waals surface area contributed by atoms with Crippen LogP contribution in [0.25, 0.3) is 0 Å². The first kappa shape index (κ1) is 13.0. The van der Waals surface area contributed by atoms with Gasteiger partial charge < -0.3 is 10.8 Å². The van der Waals surface area contributed by atoms with Gasteiger partial charge in [-0.15, -0.1) is 0 Å². The van der Waals surface area contributed by atoms with E-state index in [1.165, 1.54) is 5.56 Å². The van der Waals surface area contributed by atoms with Crippen LogP contribution in [-0.2, 0) is 5.41 Å². The molecule has 0 heterocycles. The van der Waals surface area contributed by atoms with Crippen LogP contribution in [0.1, 0.15) is 50.3 Å². The molecule has 2 nitrogen and oxygen atoms in total. The lowest BCUT2D eigenvalue weighted by atomic mass is 9.82. The van der Waals surface area contributed by atoms with E-state index in [0.717, 1.165) is 11.1 Å². The molecule has 0 bridgehead atoms. The predicted octanol–water partition coefficient (Wildman–Crippen LogP) is 3.06. The average Bonchev–Trinajstić information content (AvgIpc) is 2.18. The molecule has 0 aromatic heterocycles. The Balaban J connectivity index is 3.38. The van der Waals surface area contributed by atoms with Crippen LogP contribution in [0, 0.1) is 6.92 Å². The van der Waals surface area contributed by atoms with Crippen molar-refractivity contribution in [1.29, 1.82) is 0 Å². The van der Waals surface area contributed by atoms with Crippen molar-refractivity contribution in [3.8, 4) is 5.75 Å². The molecule has 0 radical (unpaired) electrons. The molecule has 1 atom stereocenters. The number of hydrogen-bond donors (Lipinski definition) is 2. The zero-order valence-corrected chi connectivity index (χ0v) is 11.0. The summed E-state index contributed by atoms with van der Waals surface area (Å²) in [7, 11) is 0. The van der Waals surface area contributed by atoms with Crippen molar-refractivity contribution in [2.24, 2.45) is 5.73 Å². The first-order chi connectivity index (χ1) is 7.27. The van der Waals surface area contributed by atoms with Gasteiger partial charge in [0.05, 0.1) is 0 Å². The van der Waals surface area contributed by atoms with Crippen LogP contribution in [0.3, 0.4) is 0 Å². The second-order valence-electron chi connectivity index (χ2n) is 5.64. The third-order valence-electron chi connectivity index (χ3n) is 2.98. The predicted molar refractivity (Wildman–Crippen MR) is 69.0 cm³/mol. The van der Waals surface area contributed by atoms with Crippen molar-refractivity contribution < 1.29 is 5.11 Å². The largest absolute Gasteiger partial charge is 0.507 e. The molecular formula is C14H23NO. The van der Waals surface area contributed by atoms with Crippen molar-refractivity contribution in [3.05, 3.63) is 28.8 Å². The van der Waals surface area contributed by atoms with Gasteiger partial charge in [0.1, 0.15) is 5.75 Å². The Morgan fingerprint density at radius 2 is 1.88 bits per heavy atom. The van der Waals surface area contributed by atoms with Gasteiger partial charge in [-0.25, -0.2) is 0 Å². The van der Waals surface area contributed by atoms with Crippen molar-refractivity contribution in [2.75, 3.05) is 6.54 Å². The molecular weight excluding hydrogens is 198 g/mol. The van der Waals surface area contributed by atoms with Crippen molar-refractivity contribution >= 4 is 0 Å². The SMILES string of the molecule is Cc1cc(C(C)CN)c(O)c(C(C)(C)C)c1. The van der Waals surface area contributed by atoms with Gasteiger partial charge >= 0.3 is 0 Å². The Morgan fingerprint density at radius 3 is 2.31 bits per heavy atom. The molecule has 1 aromatic carbocycles. The van der Waals surface area contributed by atoms with E-state index < -0.39 is 0 Å². The summed E-state index contributed by atoms with van der Waals surface area (Å²) in [4.78, 5) is 0. The second kappa shape index (κ2) is 4.46. The van der Waals surface area contributed by atoms with Crippen LogP contribution in [0.2, 0.25) is 0 Å². The Kier molecular flexibility index (Phi) is 3.64. The zero-order chi connectivity index (χ0) is 12.5. The number of phenolic OH excluding ortho intramolecular Hbond substituents is 1. The van der Waals surface area contributed by atoms with E-state index in [1.807, 2.05) is 13.0 Å².